The van der Waals surface area contributed by atoms with E-state index in [-0.39, 0.29) is 0 Å². The Morgan fingerprint density at radius 3 is 2.41 bits per heavy atom. The van der Waals surface area contributed by atoms with Crippen LogP contribution in [0.3, 0.4) is 0 Å². The summed E-state index contributed by atoms with van der Waals surface area (Å²) >= 11 is 0. The molecule has 2 aromatic rings. The molecule has 0 radical (unpaired) electrons. The van der Waals surface area contributed by atoms with Crippen LogP contribution in [0.15, 0.2) is 30.6 Å². The van der Waals surface area contributed by atoms with E-state index < -0.39 is 0 Å². The van der Waals surface area contributed by atoms with Crippen molar-refractivity contribution in [2.24, 2.45) is 0 Å². The van der Waals surface area contributed by atoms with E-state index >= 15 is 0 Å². The molecular formula is C15H12N2. The number of hydrogen-bond acceptors (Lipinski definition) is 1. The van der Waals surface area contributed by atoms with Crippen LogP contribution < -0.4 is 0 Å². The van der Waals surface area contributed by atoms with Gasteiger partial charge in [-0.25, -0.2) is 4.98 Å². The molecule has 17 heavy (non-hydrogen) atoms. The van der Waals surface area contributed by atoms with Crippen molar-refractivity contribution < 1.29 is 0 Å². The Hall–Kier alpha value is -2.45. The maximum absolute atomic E-state index is 5.46. The van der Waals surface area contributed by atoms with Gasteiger partial charge in [0.1, 0.15) is 17.7 Å². The SMILES string of the molecule is C#Cc1ncn(-c2ccc(CC)cc2)c1C#C. The second-order valence-electron chi connectivity index (χ2n) is 3.62. The molecule has 0 N–H and O–H groups in total. The van der Waals surface area contributed by atoms with Crippen molar-refractivity contribution in [1.82, 2.24) is 9.55 Å². The van der Waals surface area contributed by atoms with Gasteiger partial charge in [0.2, 0.25) is 0 Å². The average molecular weight is 220 g/mol. The van der Waals surface area contributed by atoms with Crippen LogP contribution in [-0.4, -0.2) is 9.55 Å². The lowest BCUT2D eigenvalue weighted by atomic mass is 10.1. The van der Waals surface area contributed by atoms with Gasteiger partial charge in [-0.2, -0.15) is 0 Å². The van der Waals surface area contributed by atoms with Gasteiger partial charge < -0.3 is 0 Å². The first kappa shape index (κ1) is 11.0. The van der Waals surface area contributed by atoms with Crippen LogP contribution in [0.1, 0.15) is 23.9 Å². The van der Waals surface area contributed by atoms with Crippen LogP contribution >= 0.6 is 0 Å². The molecule has 2 nitrogen and oxygen atoms in total. The van der Waals surface area contributed by atoms with Gasteiger partial charge in [-0.3, -0.25) is 4.57 Å². The van der Waals surface area contributed by atoms with Gasteiger partial charge in [0, 0.05) is 5.69 Å². The van der Waals surface area contributed by atoms with Gasteiger partial charge in [-0.15, -0.1) is 12.8 Å². The lowest BCUT2D eigenvalue weighted by molar-refractivity contribution is 1.03. The minimum Gasteiger partial charge on any atom is -0.291 e. The van der Waals surface area contributed by atoms with Crippen molar-refractivity contribution in [3.63, 3.8) is 0 Å². The van der Waals surface area contributed by atoms with Crippen LogP contribution in [-0.2, 0) is 6.42 Å². The molecule has 0 amide bonds. The highest BCUT2D eigenvalue weighted by atomic mass is 15.1. The summed E-state index contributed by atoms with van der Waals surface area (Å²) in [7, 11) is 0. The number of aryl methyl sites for hydroxylation is 1. The number of nitrogens with zero attached hydrogens (tertiary/aromatic N) is 2. The van der Waals surface area contributed by atoms with E-state index in [1.165, 1.54) is 5.56 Å². The molecule has 0 saturated heterocycles. The summed E-state index contributed by atoms with van der Waals surface area (Å²) < 4.78 is 1.83. The minimum atomic E-state index is 0.507. The molecule has 1 aromatic heterocycles. The lowest BCUT2D eigenvalue weighted by Gasteiger charge is -2.05. The summed E-state index contributed by atoms with van der Waals surface area (Å²) in [5.41, 5.74) is 3.39. The predicted molar refractivity (Wildman–Crippen MR) is 68.8 cm³/mol. The molecule has 0 aliphatic heterocycles. The Kier molecular flexibility index (Phi) is 2.99. The summed E-state index contributed by atoms with van der Waals surface area (Å²) in [5, 5.41) is 0. The molecule has 2 rings (SSSR count). The maximum atomic E-state index is 5.46. The third kappa shape index (κ3) is 1.94. The van der Waals surface area contributed by atoms with Crippen LogP contribution in [0.5, 0.6) is 0 Å². The van der Waals surface area contributed by atoms with Crippen molar-refractivity contribution in [1.29, 1.82) is 0 Å². The highest BCUT2D eigenvalue weighted by molar-refractivity contribution is 5.47. The predicted octanol–water partition coefficient (Wildman–Crippen LogP) is 2.40. The van der Waals surface area contributed by atoms with Crippen molar-refractivity contribution in [3.8, 4) is 30.4 Å². The highest BCUT2D eigenvalue weighted by Crippen LogP contribution is 2.14. The van der Waals surface area contributed by atoms with E-state index in [4.69, 9.17) is 12.8 Å². The smallest absolute Gasteiger partial charge is 0.147 e. The summed E-state index contributed by atoms with van der Waals surface area (Å²) in [6, 6.07) is 8.18. The van der Waals surface area contributed by atoms with Crippen molar-refractivity contribution in [2.75, 3.05) is 0 Å². The zero-order chi connectivity index (χ0) is 12.3. The second-order valence-corrected chi connectivity index (χ2v) is 3.62. The van der Waals surface area contributed by atoms with Gasteiger partial charge >= 0.3 is 0 Å². The maximum Gasteiger partial charge on any atom is 0.147 e. The van der Waals surface area contributed by atoms with E-state index in [0.29, 0.717) is 11.4 Å². The van der Waals surface area contributed by atoms with Crippen LogP contribution in [0.4, 0.5) is 0 Å². The number of rotatable bonds is 2. The normalized spacial score (nSPS) is 9.59. The molecular weight excluding hydrogens is 208 g/mol. The van der Waals surface area contributed by atoms with Gasteiger partial charge in [0.25, 0.3) is 0 Å². The average Bonchev–Trinajstić information content (AvgIpc) is 2.81. The topological polar surface area (TPSA) is 17.8 Å². The fraction of sp³-hybridized carbons (Fsp3) is 0.133. The molecule has 1 aromatic carbocycles. The first-order valence-electron chi connectivity index (χ1n) is 5.40. The van der Waals surface area contributed by atoms with Gasteiger partial charge in [-0.1, -0.05) is 19.1 Å². The Labute approximate surface area is 101 Å². The van der Waals surface area contributed by atoms with Crippen molar-refractivity contribution >= 4 is 0 Å². The Morgan fingerprint density at radius 1 is 1.18 bits per heavy atom. The third-order valence-corrected chi connectivity index (χ3v) is 2.66. The molecule has 0 unspecified atom stereocenters. The molecule has 0 spiro atoms. The molecule has 1 heterocycles. The van der Waals surface area contributed by atoms with E-state index in [1.807, 2.05) is 16.7 Å². The number of terminal acetylenes is 2. The zero-order valence-electron chi connectivity index (χ0n) is 9.64. The molecule has 0 atom stereocenters. The standard InChI is InChI=1S/C15H12N2/c1-4-12-7-9-13(10-8-12)17-11-16-14(5-2)15(17)6-3/h2-3,7-11H,4H2,1H3. The fourth-order valence-corrected chi connectivity index (χ4v) is 1.68. The van der Waals surface area contributed by atoms with Crippen LogP contribution in [0.2, 0.25) is 0 Å². The molecule has 0 saturated carbocycles. The molecule has 0 aliphatic rings. The van der Waals surface area contributed by atoms with Crippen molar-refractivity contribution in [3.05, 3.63) is 47.5 Å². The molecule has 2 heteroatoms. The lowest BCUT2D eigenvalue weighted by Crippen LogP contribution is -1.96. The van der Waals surface area contributed by atoms with E-state index in [0.717, 1.165) is 12.1 Å². The Bertz CT molecular complexity index is 604. The van der Waals surface area contributed by atoms with Gasteiger partial charge in [-0.05, 0) is 36.0 Å². The summed E-state index contributed by atoms with van der Waals surface area (Å²) in [5.74, 6) is 5.06. The summed E-state index contributed by atoms with van der Waals surface area (Å²) in [6.07, 6.45) is 13.5. The number of aromatic nitrogens is 2. The summed E-state index contributed by atoms with van der Waals surface area (Å²) in [6.45, 7) is 2.12. The number of benzene rings is 1. The Morgan fingerprint density at radius 2 is 1.88 bits per heavy atom. The third-order valence-electron chi connectivity index (χ3n) is 2.66. The highest BCUT2D eigenvalue weighted by Gasteiger charge is 2.07. The molecule has 0 fully saturated rings. The minimum absolute atomic E-state index is 0.507. The summed E-state index contributed by atoms with van der Waals surface area (Å²) in [4.78, 5) is 4.11. The molecule has 82 valence electrons. The first-order chi connectivity index (χ1) is 8.30. The zero-order valence-corrected chi connectivity index (χ0v) is 9.64. The Balaban J connectivity index is 2.50. The molecule has 0 aliphatic carbocycles. The largest absolute Gasteiger partial charge is 0.291 e. The molecule has 0 bridgehead atoms. The number of hydrogen-bond donors (Lipinski definition) is 0. The number of imidazole rings is 1. The van der Waals surface area contributed by atoms with Crippen LogP contribution in [0.25, 0.3) is 5.69 Å². The quantitative estimate of drug-likeness (QED) is 0.711. The first-order valence-corrected chi connectivity index (χ1v) is 5.40. The van der Waals surface area contributed by atoms with E-state index in [1.54, 1.807) is 6.33 Å². The second kappa shape index (κ2) is 4.60. The van der Waals surface area contributed by atoms with E-state index in [2.05, 4.69) is 35.9 Å². The van der Waals surface area contributed by atoms with E-state index in [9.17, 15) is 0 Å². The van der Waals surface area contributed by atoms with Gasteiger partial charge in [0.15, 0.2) is 0 Å². The fourth-order valence-electron chi connectivity index (χ4n) is 1.68. The van der Waals surface area contributed by atoms with Crippen LogP contribution in [0, 0.1) is 24.7 Å². The monoisotopic (exact) mass is 220 g/mol. The van der Waals surface area contributed by atoms with Gasteiger partial charge in [0.05, 0.1) is 0 Å². The van der Waals surface area contributed by atoms with Crippen molar-refractivity contribution in [2.45, 2.75) is 13.3 Å².